The van der Waals surface area contributed by atoms with Crippen LogP contribution >= 0.6 is 15.9 Å². The summed E-state index contributed by atoms with van der Waals surface area (Å²) in [6.45, 7) is 3.46. The van der Waals surface area contributed by atoms with Crippen LogP contribution in [0.5, 0.6) is 11.5 Å². The summed E-state index contributed by atoms with van der Waals surface area (Å²) in [5.74, 6) is 2.25. The van der Waals surface area contributed by atoms with Crippen LogP contribution in [0.3, 0.4) is 0 Å². The molecule has 0 radical (unpaired) electrons. The Hall–Kier alpha value is -0.780. The van der Waals surface area contributed by atoms with Crippen molar-refractivity contribution < 1.29 is 14.6 Å². The van der Waals surface area contributed by atoms with Crippen molar-refractivity contribution >= 4 is 15.9 Å². The van der Waals surface area contributed by atoms with Gasteiger partial charge in [0.25, 0.3) is 0 Å². The monoisotopic (exact) mass is 355 g/mol. The quantitative estimate of drug-likeness (QED) is 0.870. The van der Waals surface area contributed by atoms with Gasteiger partial charge in [0, 0.05) is 16.6 Å². The molecule has 2 aliphatic rings. The number of aliphatic hydroxyl groups is 1. The van der Waals surface area contributed by atoms with E-state index in [1.807, 2.05) is 12.1 Å². The maximum absolute atomic E-state index is 9.84. The van der Waals surface area contributed by atoms with Gasteiger partial charge in [0.05, 0.1) is 6.61 Å². The third kappa shape index (κ3) is 3.20. The number of fused-ring (bicyclic) bond motifs is 1. The maximum atomic E-state index is 9.84. The van der Waals surface area contributed by atoms with E-state index in [2.05, 4.69) is 28.2 Å². The lowest BCUT2D eigenvalue weighted by atomic mass is 9.77. The van der Waals surface area contributed by atoms with Crippen molar-refractivity contribution in [2.45, 2.75) is 44.7 Å². The molecule has 2 unspecified atom stereocenters. The largest absolute Gasteiger partial charge is 0.454 e. The van der Waals surface area contributed by atoms with Gasteiger partial charge in [-0.25, -0.2) is 0 Å². The van der Waals surface area contributed by atoms with Crippen LogP contribution in [0.4, 0.5) is 0 Å². The third-order valence-electron chi connectivity index (χ3n) is 4.59. The first kappa shape index (κ1) is 15.1. The molecule has 0 bridgehead atoms. The van der Waals surface area contributed by atoms with Gasteiger partial charge in [-0.05, 0) is 36.5 Å². The van der Waals surface area contributed by atoms with Gasteiger partial charge >= 0.3 is 0 Å². The number of nitrogens with one attached hydrogen (secondary N) is 1. The van der Waals surface area contributed by atoms with Crippen LogP contribution in [-0.4, -0.2) is 24.0 Å². The average Bonchev–Trinajstić information content (AvgIpc) is 2.92. The van der Waals surface area contributed by atoms with Crippen LogP contribution in [0.1, 0.15) is 38.2 Å². The molecule has 1 saturated carbocycles. The Kier molecular flexibility index (Phi) is 4.43. The summed E-state index contributed by atoms with van der Waals surface area (Å²) in [4.78, 5) is 0. The lowest BCUT2D eigenvalue weighted by Crippen LogP contribution is -2.51. The van der Waals surface area contributed by atoms with Crippen molar-refractivity contribution in [2.75, 3.05) is 13.4 Å². The Morgan fingerprint density at radius 3 is 2.86 bits per heavy atom. The zero-order valence-electron chi connectivity index (χ0n) is 12.3. The molecule has 0 amide bonds. The fourth-order valence-electron chi connectivity index (χ4n) is 3.40. The molecule has 116 valence electrons. The topological polar surface area (TPSA) is 50.7 Å². The number of hydrogen-bond donors (Lipinski definition) is 2. The lowest BCUT2D eigenvalue weighted by molar-refractivity contribution is 0.0982. The number of ether oxygens (including phenoxy) is 2. The molecule has 1 aliphatic carbocycles. The molecule has 1 aromatic rings. The van der Waals surface area contributed by atoms with Crippen LogP contribution in [0.2, 0.25) is 0 Å². The van der Waals surface area contributed by atoms with Gasteiger partial charge in [0.2, 0.25) is 6.79 Å². The van der Waals surface area contributed by atoms with E-state index < -0.39 is 0 Å². The van der Waals surface area contributed by atoms with Crippen molar-refractivity contribution in [3.05, 3.63) is 22.2 Å². The third-order valence-corrected chi connectivity index (χ3v) is 5.33. The fraction of sp³-hybridized carbons (Fsp3) is 0.625. The van der Waals surface area contributed by atoms with Gasteiger partial charge in [-0.3, -0.25) is 0 Å². The highest BCUT2D eigenvalue weighted by molar-refractivity contribution is 9.10. The Bertz CT molecular complexity index is 522. The number of halogens is 1. The van der Waals surface area contributed by atoms with Crippen LogP contribution in [-0.2, 0) is 6.54 Å². The van der Waals surface area contributed by atoms with Gasteiger partial charge in [-0.2, -0.15) is 0 Å². The van der Waals surface area contributed by atoms with Crippen molar-refractivity contribution in [3.8, 4) is 11.5 Å². The van der Waals surface area contributed by atoms with E-state index in [0.29, 0.717) is 12.5 Å². The predicted molar refractivity (Wildman–Crippen MR) is 84.6 cm³/mol. The SMILES string of the molecule is CC1CCCC(CO)(NCc2cc3c(cc2Br)OCO3)C1. The molecular formula is C16H22BrNO3. The Labute approximate surface area is 134 Å². The van der Waals surface area contributed by atoms with Gasteiger partial charge < -0.3 is 19.9 Å². The molecule has 0 saturated heterocycles. The average molecular weight is 356 g/mol. The Balaban J connectivity index is 1.72. The van der Waals surface area contributed by atoms with Crippen LogP contribution in [0.15, 0.2) is 16.6 Å². The molecule has 5 heteroatoms. The predicted octanol–water partition coefficient (Wildman–Crippen LogP) is 3.21. The molecule has 1 aromatic carbocycles. The smallest absolute Gasteiger partial charge is 0.231 e. The van der Waals surface area contributed by atoms with E-state index >= 15 is 0 Å². The minimum Gasteiger partial charge on any atom is -0.454 e. The second-order valence-electron chi connectivity index (χ2n) is 6.29. The van der Waals surface area contributed by atoms with E-state index in [9.17, 15) is 5.11 Å². The molecule has 0 spiro atoms. The first-order valence-electron chi connectivity index (χ1n) is 7.56. The lowest BCUT2D eigenvalue weighted by Gasteiger charge is -2.39. The summed E-state index contributed by atoms with van der Waals surface area (Å²) < 4.78 is 11.8. The zero-order chi connectivity index (χ0) is 14.9. The molecule has 1 aliphatic heterocycles. The van der Waals surface area contributed by atoms with Crippen LogP contribution in [0.25, 0.3) is 0 Å². The standard InChI is InChI=1S/C16H22BrNO3/c1-11-3-2-4-16(7-11,9-19)18-8-12-5-14-15(6-13(12)17)21-10-20-14/h5-6,11,18-19H,2-4,7-10H2,1H3. The van der Waals surface area contributed by atoms with E-state index in [0.717, 1.165) is 34.4 Å². The van der Waals surface area contributed by atoms with E-state index in [1.165, 1.54) is 12.8 Å². The van der Waals surface area contributed by atoms with Crippen molar-refractivity contribution in [1.29, 1.82) is 0 Å². The van der Waals surface area contributed by atoms with E-state index in [4.69, 9.17) is 9.47 Å². The molecule has 1 fully saturated rings. The minimum atomic E-state index is -0.145. The van der Waals surface area contributed by atoms with Gasteiger partial charge in [-0.1, -0.05) is 35.7 Å². The second-order valence-corrected chi connectivity index (χ2v) is 7.14. The fourth-order valence-corrected chi connectivity index (χ4v) is 3.86. The van der Waals surface area contributed by atoms with Gasteiger partial charge in [0.1, 0.15) is 0 Å². The van der Waals surface area contributed by atoms with Crippen molar-refractivity contribution in [1.82, 2.24) is 5.32 Å². The maximum Gasteiger partial charge on any atom is 0.231 e. The van der Waals surface area contributed by atoms with Crippen LogP contribution < -0.4 is 14.8 Å². The highest BCUT2D eigenvalue weighted by Gasteiger charge is 2.34. The molecule has 4 nitrogen and oxygen atoms in total. The highest BCUT2D eigenvalue weighted by atomic mass is 79.9. The molecule has 2 N–H and O–H groups in total. The van der Waals surface area contributed by atoms with E-state index in [1.54, 1.807) is 0 Å². The highest BCUT2D eigenvalue weighted by Crippen LogP contribution is 2.38. The minimum absolute atomic E-state index is 0.145. The molecular weight excluding hydrogens is 334 g/mol. The second kappa shape index (κ2) is 6.15. The summed E-state index contributed by atoms with van der Waals surface area (Å²) >= 11 is 3.59. The molecule has 3 rings (SSSR count). The zero-order valence-corrected chi connectivity index (χ0v) is 13.9. The number of rotatable bonds is 4. The molecule has 1 heterocycles. The summed E-state index contributed by atoms with van der Waals surface area (Å²) in [7, 11) is 0. The summed E-state index contributed by atoms with van der Waals surface area (Å²) in [5, 5.41) is 13.4. The molecule has 2 atom stereocenters. The van der Waals surface area contributed by atoms with Crippen molar-refractivity contribution in [2.24, 2.45) is 5.92 Å². The number of benzene rings is 1. The number of aliphatic hydroxyl groups excluding tert-OH is 1. The summed E-state index contributed by atoms with van der Waals surface area (Å²) in [5.41, 5.74) is 0.985. The van der Waals surface area contributed by atoms with Gasteiger partial charge in [0.15, 0.2) is 11.5 Å². The first-order chi connectivity index (χ1) is 10.1. The summed E-state index contributed by atoms with van der Waals surface area (Å²) in [6, 6.07) is 3.96. The summed E-state index contributed by atoms with van der Waals surface area (Å²) in [6.07, 6.45) is 4.51. The van der Waals surface area contributed by atoms with E-state index in [-0.39, 0.29) is 18.9 Å². The van der Waals surface area contributed by atoms with Crippen LogP contribution in [0, 0.1) is 5.92 Å². The molecule has 0 aromatic heterocycles. The number of hydrogen-bond acceptors (Lipinski definition) is 4. The Morgan fingerprint density at radius 2 is 2.14 bits per heavy atom. The van der Waals surface area contributed by atoms with Gasteiger partial charge in [-0.15, -0.1) is 0 Å². The first-order valence-corrected chi connectivity index (χ1v) is 8.35. The normalized spacial score (nSPS) is 27.9. The Morgan fingerprint density at radius 1 is 1.38 bits per heavy atom. The molecule has 21 heavy (non-hydrogen) atoms. The van der Waals surface area contributed by atoms with Crippen molar-refractivity contribution in [3.63, 3.8) is 0 Å².